The van der Waals surface area contributed by atoms with Crippen molar-refractivity contribution in [2.45, 2.75) is 55.8 Å². The Hall–Kier alpha value is -3.20. The number of carbonyl (C=O) groups is 1. The first kappa shape index (κ1) is 28.3. The van der Waals surface area contributed by atoms with Gasteiger partial charge in [-0.05, 0) is 62.9 Å². The van der Waals surface area contributed by atoms with E-state index in [-0.39, 0.29) is 18.2 Å². The Morgan fingerprint density at radius 3 is 2.27 bits per heavy atom. The number of ether oxygens (including phenoxy) is 2. The van der Waals surface area contributed by atoms with Gasteiger partial charge in [-0.3, -0.25) is 4.79 Å². The third-order valence-corrected chi connectivity index (χ3v) is 8.57. The van der Waals surface area contributed by atoms with Crippen LogP contribution >= 0.6 is 11.8 Å². The molecule has 0 atom stereocenters. The SMILES string of the molecule is COC(=O)C(C)(C)c1cn2nc(SCCCN3CCC(OC(c4ccccc4)c4ccccc4)CC3)ccc2n1. The molecule has 1 saturated heterocycles. The Morgan fingerprint density at radius 2 is 1.65 bits per heavy atom. The molecule has 4 aromatic rings. The maximum Gasteiger partial charge on any atom is 0.317 e. The zero-order valence-corrected chi connectivity index (χ0v) is 24.3. The summed E-state index contributed by atoms with van der Waals surface area (Å²) in [5, 5.41) is 5.65. The van der Waals surface area contributed by atoms with E-state index < -0.39 is 5.41 Å². The van der Waals surface area contributed by atoms with Crippen LogP contribution in [0.25, 0.3) is 5.65 Å². The van der Waals surface area contributed by atoms with Crippen LogP contribution < -0.4 is 0 Å². The van der Waals surface area contributed by atoms with Crippen LogP contribution in [0.5, 0.6) is 0 Å². The third-order valence-electron chi connectivity index (χ3n) is 7.57. The van der Waals surface area contributed by atoms with Crippen molar-refractivity contribution in [1.29, 1.82) is 0 Å². The highest BCUT2D eigenvalue weighted by molar-refractivity contribution is 7.99. The molecule has 0 spiro atoms. The van der Waals surface area contributed by atoms with Gasteiger partial charge < -0.3 is 14.4 Å². The minimum atomic E-state index is -0.821. The minimum absolute atomic E-state index is 0.0293. The van der Waals surface area contributed by atoms with Crippen LogP contribution in [0.15, 0.2) is 84.0 Å². The van der Waals surface area contributed by atoms with Crippen molar-refractivity contribution in [3.63, 3.8) is 0 Å². The Morgan fingerprint density at radius 1 is 1.00 bits per heavy atom. The molecular weight excluding hydrogens is 520 g/mol. The minimum Gasteiger partial charge on any atom is -0.468 e. The molecule has 0 N–H and O–H groups in total. The van der Waals surface area contributed by atoms with Crippen LogP contribution in [-0.2, 0) is 19.7 Å². The fraction of sp³-hybridized carbons (Fsp3) is 0.406. The molecule has 1 aliphatic heterocycles. The van der Waals surface area contributed by atoms with E-state index in [0.717, 1.165) is 55.3 Å². The number of aromatic nitrogens is 3. The Bertz CT molecular complexity index is 1350. The van der Waals surface area contributed by atoms with Crippen LogP contribution in [0.3, 0.4) is 0 Å². The van der Waals surface area contributed by atoms with Crippen molar-refractivity contribution in [1.82, 2.24) is 19.5 Å². The second kappa shape index (κ2) is 13.0. The van der Waals surface area contributed by atoms with Crippen molar-refractivity contribution in [2.75, 3.05) is 32.5 Å². The average Bonchev–Trinajstić information content (AvgIpc) is 3.44. The van der Waals surface area contributed by atoms with Gasteiger partial charge in [0.15, 0.2) is 5.65 Å². The molecule has 0 aliphatic carbocycles. The van der Waals surface area contributed by atoms with Gasteiger partial charge in [-0.2, -0.15) is 5.10 Å². The summed E-state index contributed by atoms with van der Waals surface area (Å²) in [6.07, 6.45) is 5.24. The predicted molar refractivity (Wildman–Crippen MR) is 159 cm³/mol. The average molecular weight is 559 g/mol. The largest absolute Gasteiger partial charge is 0.468 e. The molecule has 2 aromatic carbocycles. The molecular formula is C32H38N4O3S. The Kier molecular flexibility index (Phi) is 9.19. The molecule has 8 heteroatoms. The van der Waals surface area contributed by atoms with Gasteiger partial charge in [-0.15, -0.1) is 11.8 Å². The number of carbonyl (C=O) groups excluding carboxylic acids is 1. The van der Waals surface area contributed by atoms with Crippen LogP contribution in [0.2, 0.25) is 0 Å². The van der Waals surface area contributed by atoms with E-state index in [4.69, 9.17) is 14.6 Å². The highest BCUT2D eigenvalue weighted by atomic mass is 32.2. The molecule has 40 heavy (non-hydrogen) atoms. The number of thioether (sulfide) groups is 1. The van der Waals surface area contributed by atoms with E-state index >= 15 is 0 Å². The van der Waals surface area contributed by atoms with E-state index in [9.17, 15) is 4.79 Å². The van der Waals surface area contributed by atoms with Crippen molar-refractivity contribution in [3.8, 4) is 0 Å². The summed E-state index contributed by atoms with van der Waals surface area (Å²) in [6.45, 7) is 6.82. The van der Waals surface area contributed by atoms with E-state index in [1.54, 1.807) is 16.3 Å². The zero-order chi connectivity index (χ0) is 28.0. The summed E-state index contributed by atoms with van der Waals surface area (Å²) >= 11 is 1.75. The zero-order valence-electron chi connectivity index (χ0n) is 23.5. The monoisotopic (exact) mass is 558 g/mol. The lowest BCUT2D eigenvalue weighted by molar-refractivity contribution is -0.146. The molecule has 1 aliphatic rings. The summed E-state index contributed by atoms with van der Waals surface area (Å²) in [4.78, 5) is 19.3. The number of methoxy groups -OCH3 is 1. The fourth-order valence-electron chi connectivity index (χ4n) is 5.13. The normalized spacial score (nSPS) is 15.1. The summed E-state index contributed by atoms with van der Waals surface area (Å²) in [6, 6.07) is 25.0. The lowest BCUT2D eigenvalue weighted by Crippen LogP contribution is -2.38. The van der Waals surface area contributed by atoms with E-state index in [2.05, 4.69) is 70.5 Å². The number of hydrogen-bond acceptors (Lipinski definition) is 7. The Balaban J connectivity index is 1.08. The second-order valence-corrected chi connectivity index (χ2v) is 11.9. The predicted octanol–water partition coefficient (Wildman–Crippen LogP) is 5.93. The number of rotatable bonds is 11. The highest BCUT2D eigenvalue weighted by Gasteiger charge is 2.34. The summed E-state index contributed by atoms with van der Waals surface area (Å²) in [5.74, 6) is 0.683. The maximum absolute atomic E-state index is 12.2. The molecule has 1 fully saturated rings. The van der Waals surface area contributed by atoms with Crippen molar-refractivity contribution in [3.05, 3.63) is 95.8 Å². The van der Waals surface area contributed by atoms with E-state index in [1.807, 2.05) is 32.2 Å². The van der Waals surface area contributed by atoms with Crippen molar-refractivity contribution in [2.24, 2.45) is 0 Å². The van der Waals surface area contributed by atoms with Gasteiger partial charge in [0.25, 0.3) is 0 Å². The molecule has 0 saturated carbocycles. The molecule has 0 unspecified atom stereocenters. The number of imidazole rings is 1. The van der Waals surface area contributed by atoms with Crippen LogP contribution in [0.1, 0.15) is 56.0 Å². The third kappa shape index (κ3) is 6.74. The number of fused-ring (bicyclic) bond motifs is 1. The smallest absolute Gasteiger partial charge is 0.317 e. The first-order valence-electron chi connectivity index (χ1n) is 14.0. The van der Waals surface area contributed by atoms with Gasteiger partial charge in [0.2, 0.25) is 0 Å². The van der Waals surface area contributed by atoms with Gasteiger partial charge in [-0.1, -0.05) is 60.7 Å². The van der Waals surface area contributed by atoms with Crippen LogP contribution in [0.4, 0.5) is 0 Å². The number of likely N-dealkylation sites (tertiary alicyclic amines) is 1. The first-order chi connectivity index (χ1) is 19.4. The number of nitrogens with zero attached hydrogens (tertiary/aromatic N) is 4. The highest BCUT2D eigenvalue weighted by Crippen LogP contribution is 2.30. The number of piperidine rings is 1. The number of benzene rings is 2. The molecule has 3 heterocycles. The van der Waals surface area contributed by atoms with Gasteiger partial charge in [-0.25, -0.2) is 9.50 Å². The molecule has 0 amide bonds. The quantitative estimate of drug-likeness (QED) is 0.128. The molecule has 7 nitrogen and oxygen atoms in total. The molecule has 0 radical (unpaired) electrons. The fourth-order valence-corrected chi connectivity index (χ4v) is 5.93. The lowest BCUT2D eigenvalue weighted by Gasteiger charge is -2.34. The van der Waals surface area contributed by atoms with Gasteiger partial charge >= 0.3 is 5.97 Å². The van der Waals surface area contributed by atoms with Gasteiger partial charge in [0.05, 0.1) is 25.1 Å². The summed E-state index contributed by atoms with van der Waals surface area (Å²) in [7, 11) is 1.40. The van der Waals surface area contributed by atoms with Gasteiger partial charge in [0, 0.05) is 18.8 Å². The standard InChI is InChI=1S/C32H38N4O3S/c1-32(2,31(37)38-3)27-23-36-28(33-27)15-16-29(34-36)40-22-10-19-35-20-17-26(18-21-35)39-30(24-11-6-4-7-12-24)25-13-8-5-9-14-25/h4-9,11-16,23,26,30H,10,17-22H2,1-3H3. The lowest BCUT2D eigenvalue weighted by atomic mass is 9.90. The maximum atomic E-state index is 12.2. The topological polar surface area (TPSA) is 69.0 Å². The first-order valence-corrected chi connectivity index (χ1v) is 15.0. The van der Waals surface area contributed by atoms with E-state index in [1.165, 1.54) is 18.2 Å². The van der Waals surface area contributed by atoms with E-state index in [0.29, 0.717) is 5.69 Å². The summed E-state index contributed by atoms with van der Waals surface area (Å²) < 4.78 is 13.4. The molecule has 0 bridgehead atoms. The second-order valence-electron chi connectivity index (χ2n) is 10.8. The molecule has 2 aromatic heterocycles. The van der Waals surface area contributed by atoms with Crippen LogP contribution in [0, 0.1) is 0 Å². The Labute approximate surface area is 240 Å². The number of esters is 1. The molecule has 5 rings (SSSR count). The van der Waals surface area contributed by atoms with Crippen molar-refractivity contribution >= 4 is 23.4 Å². The number of hydrogen-bond donors (Lipinski definition) is 0. The van der Waals surface area contributed by atoms with Gasteiger partial charge in [0.1, 0.15) is 16.5 Å². The summed E-state index contributed by atoms with van der Waals surface area (Å²) in [5.41, 5.74) is 2.97. The van der Waals surface area contributed by atoms with Crippen molar-refractivity contribution < 1.29 is 14.3 Å². The van der Waals surface area contributed by atoms with Crippen LogP contribution in [-0.4, -0.2) is 64.1 Å². The molecule has 210 valence electrons.